The van der Waals surface area contributed by atoms with Crippen LogP contribution in [0.1, 0.15) is 5.56 Å². The van der Waals surface area contributed by atoms with E-state index in [1.807, 2.05) is 30.3 Å². The summed E-state index contributed by atoms with van der Waals surface area (Å²) in [6.07, 6.45) is 1.89. The SMILES string of the molecule is O=C([CH]Cc1ccccc1)CF. The average molecular weight is 165 g/mol. The molecule has 0 aliphatic rings. The molecule has 0 aliphatic carbocycles. The molecule has 0 unspecified atom stereocenters. The number of alkyl halides is 1. The fourth-order valence-electron chi connectivity index (χ4n) is 0.900. The Morgan fingerprint density at radius 2 is 2.00 bits per heavy atom. The molecule has 0 fully saturated rings. The number of hydrogen-bond donors (Lipinski definition) is 0. The number of hydrogen-bond acceptors (Lipinski definition) is 1. The second-order valence-corrected chi connectivity index (χ2v) is 2.49. The van der Waals surface area contributed by atoms with Gasteiger partial charge in [-0.25, -0.2) is 4.39 Å². The third-order valence-corrected chi connectivity index (χ3v) is 1.54. The Morgan fingerprint density at radius 1 is 1.33 bits per heavy atom. The minimum atomic E-state index is -0.896. The van der Waals surface area contributed by atoms with E-state index in [9.17, 15) is 9.18 Å². The molecule has 0 N–H and O–H groups in total. The van der Waals surface area contributed by atoms with Crippen LogP contribution >= 0.6 is 0 Å². The highest BCUT2D eigenvalue weighted by Gasteiger charge is 2.00. The smallest absolute Gasteiger partial charge is 0.167 e. The summed E-state index contributed by atoms with van der Waals surface area (Å²) in [6, 6.07) is 9.50. The summed E-state index contributed by atoms with van der Waals surface area (Å²) < 4.78 is 11.7. The number of Topliss-reactive ketones (excluding diaryl/α,β-unsaturated/α-hetero) is 1. The number of benzene rings is 1. The van der Waals surface area contributed by atoms with Gasteiger partial charge in [-0.15, -0.1) is 0 Å². The van der Waals surface area contributed by atoms with Crippen molar-refractivity contribution in [2.75, 3.05) is 6.67 Å². The minimum absolute atomic E-state index is 0.446. The van der Waals surface area contributed by atoms with Crippen LogP contribution in [0.3, 0.4) is 0 Å². The third-order valence-electron chi connectivity index (χ3n) is 1.54. The maximum absolute atomic E-state index is 11.7. The molecule has 1 radical (unpaired) electrons. The lowest BCUT2D eigenvalue weighted by Crippen LogP contribution is -2.02. The Morgan fingerprint density at radius 3 is 2.58 bits per heavy atom. The van der Waals surface area contributed by atoms with Crippen molar-refractivity contribution in [3.8, 4) is 0 Å². The molecule has 12 heavy (non-hydrogen) atoms. The van der Waals surface area contributed by atoms with Gasteiger partial charge in [0.1, 0.15) is 6.67 Å². The van der Waals surface area contributed by atoms with Crippen molar-refractivity contribution < 1.29 is 9.18 Å². The van der Waals surface area contributed by atoms with Crippen molar-refractivity contribution in [1.82, 2.24) is 0 Å². The molecule has 1 aromatic carbocycles. The standard InChI is InChI=1S/C10H10FO/c11-8-10(12)7-6-9-4-2-1-3-5-9/h1-5,7H,6,8H2. The van der Waals surface area contributed by atoms with E-state index in [1.54, 1.807) is 0 Å². The van der Waals surface area contributed by atoms with Crippen LogP contribution in [0.25, 0.3) is 0 Å². The first-order chi connectivity index (χ1) is 5.83. The van der Waals surface area contributed by atoms with Gasteiger partial charge in [0.15, 0.2) is 5.78 Å². The van der Waals surface area contributed by atoms with Crippen LogP contribution in [0.15, 0.2) is 30.3 Å². The summed E-state index contributed by atoms with van der Waals surface area (Å²) in [5.41, 5.74) is 1.03. The molecule has 0 aliphatic heterocycles. The maximum atomic E-state index is 11.7. The predicted molar refractivity (Wildman–Crippen MR) is 45.4 cm³/mol. The first-order valence-corrected chi connectivity index (χ1v) is 3.79. The van der Waals surface area contributed by atoms with Gasteiger partial charge < -0.3 is 0 Å². The van der Waals surface area contributed by atoms with Crippen molar-refractivity contribution in [3.63, 3.8) is 0 Å². The van der Waals surface area contributed by atoms with E-state index in [4.69, 9.17) is 0 Å². The summed E-state index contributed by atoms with van der Waals surface area (Å²) in [6.45, 7) is -0.896. The van der Waals surface area contributed by atoms with Crippen LogP contribution < -0.4 is 0 Å². The van der Waals surface area contributed by atoms with Gasteiger partial charge in [0.2, 0.25) is 0 Å². The molecule has 0 heterocycles. The summed E-state index contributed by atoms with van der Waals surface area (Å²) in [4.78, 5) is 10.6. The quantitative estimate of drug-likeness (QED) is 0.666. The van der Waals surface area contributed by atoms with E-state index in [0.717, 1.165) is 5.56 Å². The molecule has 1 rings (SSSR count). The highest BCUT2D eigenvalue weighted by molar-refractivity contribution is 5.88. The van der Waals surface area contributed by atoms with Crippen LogP contribution in [-0.4, -0.2) is 12.5 Å². The number of halogens is 1. The maximum Gasteiger partial charge on any atom is 0.167 e. The molecule has 63 valence electrons. The van der Waals surface area contributed by atoms with E-state index in [0.29, 0.717) is 6.42 Å². The van der Waals surface area contributed by atoms with E-state index in [1.165, 1.54) is 6.42 Å². The fourth-order valence-corrected chi connectivity index (χ4v) is 0.900. The zero-order chi connectivity index (χ0) is 8.81. The Balaban J connectivity index is 2.38. The van der Waals surface area contributed by atoms with E-state index < -0.39 is 12.5 Å². The second-order valence-electron chi connectivity index (χ2n) is 2.49. The molecule has 0 spiro atoms. The number of ketones is 1. The Hall–Kier alpha value is -1.18. The van der Waals surface area contributed by atoms with Gasteiger partial charge in [-0.3, -0.25) is 4.79 Å². The summed E-state index contributed by atoms with van der Waals surface area (Å²) >= 11 is 0. The van der Waals surface area contributed by atoms with Crippen molar-refractivity contribution in [2.45, 2.75) is 6.42 Å². The van der Waals surface area contributed by atoms with E-state index in [2.05, 4.69) is 0 Å². The van der Waals surface area contributed by atoms with Crippen molar-refractivity contribution >= 4 is 5.78 Å². The molecule has 0 amide bonds. The van der Waals surface area contributed by atoms with Gasteiger partial charge in [-0.1, -0.05) is 30.3 Å². The molecule has 0 aromatic heterocycles. The first-order valence-electron chi connectivity index (χ1n) is 3.79. The lowest BCUT2D eigenvalue weighted by atomic mass is 10.1. The topological polar surface area (TPSA) is 17.1 Å². The van der Waals surface area contributed by atoms with Gasteiger partial charge >= 0.3 is 0 Å². The van der Waals surface area contributed by atoms with Gasteiger partial charge in [0, 0.05) is 6.42 Å². The molecule has 0 atom stereocenters. The van der Waals surface area contributed by atoms with E-state index >= 15 is 0 Å². The highest BCUT2D eigenvalue weighted by atomic mass is 19.1. The monoisotopic (exact) mass is 165 g/mol. The molecule has 1 nitrogen and oxygen atoms in total. The lowest BCUT2D eigenvalue weighted by Gasteiger charge is -1.96. The van der Waals surface area contributed by atoms with Crippen molar-refractivity contribution in [2.24, 2.45) is 0 Å². The Labute approximate surface area is 71.2 Å². The molecular formula is C10H10FO. The van der Waals surface area contributed by atoms with Crippen molar-refractivity contribution in [3.05, 3.63) is 42.3 Å². The lowest BCUT2D eigenvalue weighted by molar-refractivity contribution is -0.116. The summed E-state index contributed by atoms with van der Waals surface area (Å²) in [5, 5.41) is 0. The summed E-state index contributed by atoms with van der Waals surface area (Å²) in [5.74, 6) is -0.446. The van der Waals surface area contributed by atoms with Gasteiger partial charge in [-0.05, 0) is 12.0 Å². The first kappa shape index (κ1) is 8.91. The van der Waals surface area contributed by atoms with Crippen LogP contribution in [0.5, 0.6) is 0 Å². The normalized spacial score (nSPS) is 9.75. The largest absolute Gasteiger partial charge is 0.296 e. The molecule has 1 aromatic rings. The number of carbonyl (C=O) groups excluding carboxylic acids is 1. The average Bonchev–Trinajstić information content (AvgIpc) is 2.16. The van der Waals surface area contributed by atoms with Gasteiger partial charge in [0.05, 0.1) is 0 Å². The molecule has 0 bridgehead atoms. The number of carbonyl (C=O) groups is 1. The second kappa shape index (κ2) is 4.65. The Bertz CT molecular complexity index is 243. The van der Waals surface area contributed by atoms with Crippen LogP contribution in [-0.2, 0) is 11.2 Å². The zero-order valence-corrected chi connectivity index (χ0v) is 6.66. The predicted octanol–water partition coefficient (Wildman–Crippen LogP) is 1.97. The van der Waals surface area contributed by atoms with Gasteiger partial charge in [0.25, 0.3) is 0 Å². The molecule has 2 heteroatoms. The highest BCUT2D eigenvalue weighted by Crippen LogP contribution is 2.01. The van der Waals surface area contributed by atoms with Crippen LogP contribution in [0.2, 0.25) is 0 Å². The molecule has 0 saturated heterocycles. The fraction of sp³-hybridized carbons (Fsp3) is 0.200. The third kappa shape index (κ3) is 2.82. The summed E-state index contributed by atoms with van der Waals surface area (Å²) in [7, 11) is 0. The van der Waals surface area contributed by atoms with Crippen molar-refractivity contribution in [1.29, 1.82) is 0 Å². The molecular weight excluding hydrogens is 155 g/mol. The number of rotatable bonds is 4. The molecule has 0 saturated carbocycles. The van der Waals surface area contributed by atoms with Crippen LogP contribution in [0, 0.1) is 6.42 Å². The Kier molecular flexibility index (Phi) is 3.45. The van der Waals surface area contributed by atoms with Gasteiger partial charge in [-0.2, -0.15) is 0 Å². The minimum Gasteiger partial charge on any atom is -0.296 e. The zero-order valence-electron chi connectivity index (χ0n) is 6.66. The van der Waals surface area contributed by atoms with Crippen LogP contribution in [0.4, 0.5) is 4.39 Å². The van der Waals surface area contributed by atoms with E-state index in [-0.39, 0.29) is 0 Å².